The van der Waals surface area contributed by atoms with Crippen molar-refractivity contribution in [3.8, 4) is 17.2 Å². The number of thioether (sulfide) groups is 1. The third kappa shape index (κ3) is 9.38. The summed E-state index contributed by atoms with van der Waals surface area (Å²) in [7, 11) is 3.06. The molecule has 0 heterocycles. The molecular weight excluding hydrogens is 590 g/mol. The van der Waals surface area contributed by atoms with Gasteiger partial charge in [-0.1, -0.05) is 18.2 Å². The lowest BCUT2D eigenvalue weighted by Crippen LogP contribution is -2.30. The van der Waals surface area contributed by atoms with Gasteiger partial charge in [0.2, 0.25) is 5.91 Å². The summed E-state index contributed by atoms with van der Waals surface area (Å²) in [6, 6.07) is 28.1. The van der Waals surface area contributed by atoms with Crippen LogP contribution in [0.5, 0.6) is 17.2 Å². The number of nitrogens with one attached hydrogen (secondary N) is 3. The third-order valence-corrected chi connectivity index (χ3v) is 7.60. The Morgan fingerprint density at radius 2 is 1.44 bits per heavy atom. The Balaban J connectivity index is 1.46. The van der Waals surface area contributed by atoms with Crippen molar-refractivity contribution in [2.24, 2.45) is 0 Å². The highest BCUT2D eigenvalue weighted by Gasteiger charge is 2.18. The van der Waals surface area contributed by atoms with Crippen LogP contribution in [0.25, 0.3) is 6.08 Å². The molecule has 45 heavy (non-hydrogen) atoms. The quantitative estimate of drug-likeness (QED) is 0.113. The molecule has 1 unspecified atom stereocenters. The summed E-state index contributed by atoms with van der Waals surface area (Å²) in [5.74, 6) is 0.685. The first-order valence-corrected chi connectivity index (χ1v) is 15.1. The van der Waals surface area contributed by atoms with Crippen molar-refractivity contribution in [2.75, 3.05) is 31.5 Å². The summed E-state index contributed by atoms with van der Waals surface area (Å²) >= 11 is 1.39. The molecule has 0 aliphatic heterocycles. The Hall–Kier alpha value is -5.22. The average molecular weight is 626 g/mol. The van der Waals surface area contributed by atoms with Crippen molar-refractivity contribution in [1.29, 1.82) is 0 Å². The van der Waals surface area contributed by atoms with Gasteiger partial charge in [-0.2, -0.15) is 0 Å². The molecule has 0 saturated carbocycles. The highest BCUT2D eigenvalue weighted by molar-refractivity contribution is 8.00. The van der Waals surface area contributed by atoms with Crippen LogP contribution in [-0.2, 0) is 9.59 Å². The summed E-state index contributed by atoms with van der Waals surface area (Å²) in [5.41, 5.74) is 2.14. The number of hydrogen-bond acceptors (Lipinski definition) is 7. The van der Waals surface area contributed by atoms with Crippen LogP contribution in [0.1, 0.15) is 29.8 Å². The van der Waals surface area contributed by atoms with E-state index in [4.69, 9.17) is 14.2 Å². The fourth-order valence-electron chi connectivity index (χ4n) is 4.17. The monoisotopic (exact) mass is 625 g/mol. The number of benzene rings is 4. The number of hydrogen-bond donors (Lipinski definition) is 3. The molecule has 3 amide bonds. The molecule has 10 heteroatoms. The van der Waals surface area contributed by atoms with Crippen molar-refractivity contribution in [3.63, 3.8) is 0 Å². The van der Waals surface area contributed by atoms with Crippen molar-refractivity contribution < 1.29 is 28.6 Å². The van der Waals surface area contributed by atoms with E-state index < -0.39 is 11.8 Å². The topological polar surface area (TPSA) is 115 Å². The molecule has 0 aliphatic carbocycles. The zero-order valence-corrected chi connectivity index (χ0v) is 26.3. The smallest absolute Gasteiger partial charge is 0.272 e. The molecule has 4 aromatic rings. The molecule has 232 valence electrons. The van der Waals surface area contributed by atoms with E-state index in [9.17, 15) is 14.4 Å². The van der Waals surface area contributed by atoms with Crippen LogP contribution in [0.15, 0.2) is 108 Å². The van der Waals surface area contributed by atoms with Crippen molar-refractivity contribution in [3.05, 3.63) is 114 Å². The van der Waals surface area contributed by atoms with E-state index >= 15 is 0 Å². The van der Waals surface area contributed by atoms with Crippen LogP contribution < -0.4 is 30.2 Å². The zero-order chi connectivity index (χ0) is 32.2. The van der Waals surface area contributed by atoms with Gasteiger partial charge >= 0.3 is 0 Å². The van der Waals surface area contributed by atoms with Gasteiger partial charge in [0.25, 0.3) is 11.8 Å². The average Bonchev–Trinajstić information content (AvgIpc) is 3.06. The van der Waals surface area contributed by atoms with Crippen LogP contribution >= 0.6 is 11.8 Å². The second-order valence-corrected chi connectivity index (χ2v) is 11.1. The molecule has 0 radical (unpaired) electrons. The molecular formula is C35H35N3O6S. The molecule has 4 rings (SSSR count). The summed E-state index contributed by atoms with van der Waals surface area (Å²) < 4.78 is 16.2. The SMILES string of the molecule is CCOc1ccc(NC(=O)C(C)Sc2ccc(NC(=O)/C(=C/c3cc(OC)ccc3OC)NC(=O)c3ccccc3)cc2)cc1. The van der Waals surface area contributed by atoms with E-state index in [0.717, 1.165) is 10.6 Å². The van der Waals surface area contributed by atoms with E-state index in [1.165, 1.54) is 32.1 Å². The van der Waals surface area contributed by atoms with Crippen LogP contribution in [0.4, 0.5) is 11.4 Å². The second kappa shape index (κ2) is 16.0. The van der Waals surface area contributed by atoms with E-state index in [-0.39, 0.29) is 16.9 Å². The maximum atomic E-state index is 13.5. The Kier molecular flexibility index (Phi) is 11.6. The lowest BCUT2D eigenvalue weighted by molar-refractivity contribution is -0.115. The minimum atomic E-state index is -0.535. The minimum absolute atomic E-state index is 0.00782. The minimum Gasteiger partial charge on any atom is -0.497 e. The fraction of sp³-hybridized carbons (Fsp3) is 0.171. The van der Waals surface area contributed by atoms with Crippen molar-refractivity contribution >= 4 is 46.9 Å². The molecule has 0 saturated heterocycles. The summed E-state index contributed by atoms with van der Waals surface area (Å²) in [4.78, 5) is 40.1. The van der Waals surface area contributed by atoms with Gasteiger partial charge in [-0.15, -0.1) is 11.8 Å². The molecule has 9 nitrogen and oxygen atoms in total. The molecule has 0 aliphatic rings. The summed E-state index contributed by atoms with van der Waals surface area (Å²) in [6.45, 7) is 4.31. The van der Waals surface area contributed by atoms with Gasteiger partial charge in [-0.3, -0.25) is 14.4 Å². The molecule has 0 fully saturated rings. The Morgan fingerprint density at radius 3 is 2.09 bits per heavy atom. The number of anilines is 2. The van der Waals surface area contributed by atoms with Gasteiger partial charge in [0.05, 0.1) is 26.1 Å². The second-order valence-electron chi connectivity index (χ2n) is 9.67. The number of amides is 3. The molecule has 0 bridgehead atoms. The third-order valence-electron chi connectivity index (χ3n) is 6.49. The number of carbonyl (C=O) groups is 3. The van der Waals surface area contributed by atoms with E-state index in [1.807, 2.05) is 38.1 Å². The number of carbonyl (C=O) groups excluding carboxylic acids is 3. The van der Waals surface area contributed by atoms with Gasteiger partial charge in [0, 0.05) is 27.4 Å². The highest BCUT2D eigenvalue weighted by atomic mass is 32.2. The molecule has 1 atom stereocenters. The number of rotatable bonds is 13. The van der Waals surface area contributed by atoms with Gasteiger partial charge in [-0.05, 0) is 98.8 Å². The fourth-order valence-corrected chi connectivity index (χ4v) is 5.04. The lowest BCUT2D eigenvalue weighted by atomic mass is 10.1. The Bertz CT molecular complexity index is 1640. The first-order chi connectivity index (χ1) is 21.8. The molecule has 0 aromatic heterocycles. The first kappa shape index (κ1) is 32.7. The zero-order valence-electron chi connectivity index (χ0n) is 25.5. The van der Waals surface area contributed by atoms with Gasteiger partial charge in [-0.25, -0.2) is 0 Å². The largest absolute Gasteiger partial charge is 0.497 e. The molecule has 3 N–H and O–H groups in total. The molecule has 4 aromatic carbocycles. The van der Waals surface area contributed by atoms with Crippen LogP contribution in [-0.4, -0.2) is 43.8 Å². The molecule has 0 spiro atoms. The number of methoxy groups -OCH3 is 2. The lowest BCUT2D eigenvalue weighted by Gasteiger charge is -2.14. The number of ether oxygens (including phenoxy) is 3. The van der Waals surface area contributed by atoms with Gasteiger partial charge < -0.3 is 30.2 Å². The van der Waals surface area contributed by atoms with E-state index in [1.54, 1.807) is 72.8 Å². The van der Waals surface area contributed by atoms with E-state index in [2.05, 4.69) is 16.0 Å². The Morgan fingerprint density at radius 1 is 0.800 bits per heavy atom. The maximum Gasteiger partial charge on any atom is 0.272 e. The van der Waals surface area contributed by atoms with Crippen LogP contribution in [0, 0.1) is 0 Å². The van der Waals surface area contributed by atoms with Gasteiger partial charge in [0.15, 0.2) is 0 Å². The summed E-state index contributed by atoms with van der Waals surface area (Å²) in [6.07, 6.45) is 1.53. The normalized spacial score (nSPS) is 11.6. The Labute approximate surface area is 267 Å². The summed E-state index contributed by atoms with van der Waals surface area (Å²) in [5, 5.41) is 8.11. The van der Waals surface area contributed by atoms with Crippen LogP contribution in [0.3, 0.4) is 0 Å². The van der Waals surface area contributed by atoms with Gasteiger partial charge in [0.1, 0.15) is 22.9 Å². The highest BCUT2D eigenvalue weighted by Crippen LogP contribution is 2.28. The van der Waals surface area contributed by atoms with E-state index in [0.29, 0.717) is 40.6 Å². The predicted molar refractivity (Wildman–Crippen MR) is 178 cm³/mol. The maximum absolute atomic E-state index is 13.5. The van der Waals surface area contributed by atoms with Crippen molar-refractivity contribution in [1.82, 2.24) is 5.32 Å². The van der Waals surface area contributed by atoms with Crippen LogP contribution in [0.2, 0.25) is 0 Å². The first-order valence-electron chi connectivity index (χ1n) is 14.2. The standard InChI is InChI=1S/C35H35N3O6S/c1-5-44-28-15-11-26(12-16-28)36-33(39)23(2)45-30-18-13-27(14-19-30)37-35(41)31(38-34(40)24-9-7-6-8-10-24)22-25-21-29(42-3)17-20-32(25)43-4/h6-23H,5H2,1-4H3,(H,36,39)(H,37,41)(H,38,40)/b31-22-. The predicted octanol–water partition coefficient (Wildman–Crippen LogP) is 6.63. The van der Waals surface area contributed by atoms with Crippen molar-refractivity contribution in [2.45, 2.75) is 24.0 Å².